The SMILES string of the molecule is Cc1ccc(C=NN(Cc2ccccc2)c2ccccc2)cc1. The fourth-order valence-electron chi connectivity index (χ4n) is 2.34. The highest BCUT2D eigenvalue weighted by atomic mass is 15.4. The van der Waals surface area contributed by atoms with Crippen LogP contribution in [0.25, 0.3) is 0 Å². The summed E-state index contributed by atoms with van der Waals surface area (Å²) in [7, 11) is 0. The quantitative estimate of drug-likeness (QED) is 0.476. The second-order valence-corrected chi connectivity index (χ2v) is 5.53. The van der Waals surface area contributed by atoms with Gasteiger partial charge in [0.05, 0.1) is 18.4 Å². The van der Waals surface area contributed by atoms with Gasteiger partial charge in [-0.2, -0.15) is 5.10 Å². The third-order valence-electron chi connectivity index (χ3n) is 3.65. The number of hydrogen-bond donors (Lipinski definition) is 0. The van der Waals surface area contributed by atoms with Crippen molar-refractivity contribution >= 4 is 11.9 Å². The van der Waals surface area contributed by atoms with E-state index in [1.54, 1.807) is 0 Å². The second-order valence-electron chi connectivity index (χ2n) is 5.53. The normalized spacial score (nSPS) is 10.8. The van der Waals surface area contributed by atoms with E-state index in [0.29, 0.717) is 0 Å². The van der Waals surface area contributed by atoms with Crippen molar-refractivity contribution in [3.05, 3.63) is 102 Å². The number of nitrogens with zero attached hydrogens (tertiary/aromatic N) is 2. The summed E-state index contributed by atoms with van der Waals surface area (Å²) in [4.78, 5) is 0. The van der Waals surface area contributed by atoms with E-state index in [1.165, 1.54) is 11.1 Å². The van der Waals surface area contributed by atoms with Gasteiger partial charge in [0.2, 0.25) is 0 Å². The largest absolute Gasteiger partial charge is 0.261 e. The lowest BCUT2D eigenvalue weighted by atomic mass is 10.2. The Morgan fingerprint density at radius 3 is 2.04 bits per heavy atom. The van der Waals surface area contributed by atoms with Crippen LogP contribution in [0.2, 0.25) is 0 Å². The van der Waals surface area contributed by atoms with Gasteiger partial charge in [-0.25, -0.2) is 0 Å². The van der Waals surface area contributed by atoms with E-state index in [1.807, 2.05) is 35.5 Å². The number of hydrazone groups is 1. The molecule has 0 heterocycles. The Hall–Kier alpha value is -2.87. The number of benzene rings is 3. The monoisotopic (exact) mass is 300 g/mol. The minimum atomic E-state index is 0.743. The van der Waals surface area contributed by atoms with E-state index < -0.39 is 0 Å². The van der Waals surface area contributed by atoms with Crippen LogP contribution in [0.5, 0.6) is 0 Å². The molecule has 0 spiro atoms. The molecule has 0 bridgehead atoms. The topological polar surface area (TPSA) is 15.6 Å². The average Bonchev–Trinajstić information content (AvgIpc) is 2.61. The Morgan fingerprint density at radius 2 is 1.39 bits per heavy atom. The number of para-hydroxylation sites is 1. The molecule has 23 heavy (non-hydrogen) atoms. The lowest BCUT2D eigenvalue weighted by molar-refractivity contribution is 0.858. The van der Waals surface area contributed by atoms with Crippen LogP contribution in [0.3, 0.4) is 0 Å². The van der Waals surface area contributed by atoms with Gasteiger partial charge in [-0.3, -0.25) is 5.01 Å². The Kier molecular flexibility index (Phi) is 4.85. The van der Waals surface area contributed by atoms with Crippen molar-refractivity contribution in [3.63, 3.8) is 0 Å². The molecule has 0 amide bonds. The third kappa shape index (κ3) is 4.30. The summed E-state index contributed by atoms with van der Waals surface area (Å²) in [6, 6.07) is 29.0. The number of rotatable bonds is 5. The molecule has 0 aliphatic rings. The van der Waals surface area contributed by atoms with Gasteiger partial charge in [-0.15, -0.1) is 0 Å². The molecule has 2 heteroatoms. The first-order chi connectivity index (χ1) is 11.3. The van der Waals surface area contributed by atoms with Crippen molar-refractivity contribution in [2.45, 2.75) is 13.5 Å². The molecular weight excluding hydrogens is 280 g/mol. The molecule has 0 radical (unpaired) electrons. The lowest BCUT2D eigenvalue weighted by Gasteiger charge is -2.19. The Labute approximate surface area is 137 Å². The molecule has 114 valence electrons. The van der Waals surface area contributed by atoms with Gasteiger partial charge in [0, 0.05) is 0 Å². The first kappa shape index (κ1) is 15.0. The summed E-state index contributed by atoms with van der Waals surface area (Å²) in [5, 5.41) is 6.72. The predicted octanol–water partition coefficient (Wildman–Crippen LogP) is 5.04. The van der Waals surface area contributed by atoms with Crippen LogP contribution in [0.15, 0.2) is 90.0 Å². The highest BCUT2D eigenvalue weighted by Crippen LogP contribution is 2.17. The van der Waals surface area contributed by atoms with Crippen LogP contribution in [0.4, 0.5) is 5.69 Å². The van der Waals surface area contributed by atoms with Crippen LogP contribution in [-0.4, -0.2) is 6.21 Å². The highest BCUT2D eigenvalue weighted by Gasteiger charge is 2.05. The van der Waals surface area contributed by atoms with Crippen molar-refractivity contribution in [2.75, 3.05) is 5.01 Å². The number of hydrogen-bond acceptors (Lipinski definition) is 2. The molecule has 0 aromatic heterocycles. The van der Waals surface area contributed by atoms with E-state index in [4.69, 9.17) is 5.10 Å². The smallest absolute Gasteiger partial charge is 0.0666 e. The van der Waals surface area contributed by atoms with Crippen LogP contribution >= 0.6 is 0 Å². The summed E-state index contributed by atoms with van der Waals surface area (Å²) in [5.41, 5.74) is 4.67. The van der Waals surface area contributed by atoms with Crippen LogP contribution in [-0.2, 0) is 6.54 Å². The maximum Gasteiger partial charge on any atom is 0.0666 e. The van der Waals surface area contributed by atoms with Gasteiger partial charge < -0.3 is 0 Å². The zero-order chi connectivity index (χ0) is 15.9. The molecule has 0 unspecified atom stereocenters. The van der Waals surface area contributed by atoms with Crippen LogP contribution in [0.1, 0.15) is 16.7 Å². The molecule has 2 nitrogen and oxygen atoms in total. The van der Waals surface area contributed by atoms with E-state index in [0.717, 1.165) is 17.8 Å². The highest BCUT2D eigenvalue weighted by molar-refractivity contribution is 5.80. The lowest BCUT2D eigenvalue weighted by Crippen LogP contribution is -2.15. The van der Waals surface area contributed by atoms with Gasteiger partial charge in [-0.05, 0) is 30.2 Å². The van der Waals surface area contributed by atoms with Crippen molar-refractivity contribution in [3.8, 4) is 0 Å². The summed E-state index contributed by atoms with van der Waals surface area (Å²) in [6.07, 6.45) is 1.91. The van der Waals surface area contributed by atoms with Crippen molar-refractivity contribution < 1.29 is 0 Å². The summed E-state index contributed by atoms with van der Waals surface area (Å²) in [6.45, 7) is 2.83. The van der Waals surface area contributed by atoms with Gasteiger partial charge in [-0.1, -0.05) is 78.4 Å². The van der Waals surface area contributed by atoms with Gasteiger partial charge in [0.15, 0.2) is 0 Å². The molecule has 0 atom stereocenters. The molecule has 0 aliphatic heterocycles. The average molecular weight is 300 g/mol. The first-order valence-corrected chi connectivity index (χ1v) is 7.78. The number of anilines is 1. The van der Waals surface area contributed by atoms with E-state index in [9.17, 15) is 0 Å². The Balaban J connectivity index is 1.84. The zero-order valence-electron chi connectivity index (χ0n) is 13.3. The van der Waals surface area contributed by atoms with E-state index in [2.05, 4.69) is 67.6 Å². The molecule has 0 saturated heterocycles. The molecular formula is C21H20N2. The minimum Gasteiger partial charge on any atom is -0.261 e. The molecule has 3 rings (SSSR count). The fraction of sp³-hybridized carbons (Fsp3) is 0.0952. The van der Waals surface area contributed by atoms with Gasteiger partial charge in [0.1, 0.15) is 0 Å². The van der Waals surface area contributed by atoms with Crippen molar-refractivity contribution in [2.24, 2.45) is 5.10 Å². The summed E-state index contributed by atoms with van der Waals surface area (Å²) in [5.74, 6) is 0. The Morgan fingerprint density at radius 1 is 0.783 bits per heavy atom. The van der Waals surface area contributed by atoms with Crippen molar-refractivity contribution in [1.29, 1.82) is 0 Å². The van der Waals surface area contributed by atoms with Gasteiger partial charge >= 0.3 is 0 Å². The van der Waals surface area contributed by atoms with E-state index >= 15 is 0 Å². The maximum absolute atomic E-state index is 4.70. The zero-order valence-corrected chi connectivity index (χ0v) is 13.3. The minimum absolute atomic E-state index is 0.743. The first-order valence-electron chi connectivity index (χ1n) is 7.78. The van der Waals surface area contributed by atoms with Crippen LogP contribution in [0, 0.1) is 6.92 Å². The van der Waals surface area contributed by atoms with Gasteiger partial charge in [0.25, 0.3) is 0 Å². The maximum atomic E-state index is 4.70. The van der Waals surface area contributed by atoms with Crippen LogP contribution < -0.4 is 5.01 Å². The molecule has 3 aromatic rings. The second kappa shape index (κ2) is 7.41. The molecule has 0 fully saturated rings. The standard InChI is InChI=1S/C21H20N2/c1-18-12-14-19(15-13-18)16-22-23(21-10-6-3-7-11-21)17-20-8-4-2-5-9-20/h2-16H,17H2,1H3. The number of aryl methyl sites for hydroxylation is 1. The van der Waals surface area contributed by atoms with E-state index in [-0.39, 0.29) is 0 Å². The third-order valence-corrected chi connectivity index (χ3v) is 3.65. The molecule has 0 saturated carbocycles. The molecule has 3 aromatic carbocycles. The molecule has 0 aliphatic carbocycles. The Bertz CT molecular complexity index is 747. The molecule has 0 N–H and O–H groups in total. The fourth-order valence-corrected chi connectivity index (χ4v) is 2.34. The summed E-state index contributed by atoms with van der Waals surface area (Å²) >= 11 is 0. The summed E-state index contributed by atoms with van der Waals surface area (Å²) < 4.78 is 0. The van der Waals surface area contributed by atoms with Crippen molar-refractivity contribution in [1.82, 2.24) is 0 Å². The predicted molar refractivity (Wildman–Crippen MR) is 97.8 cm³/mol.